The summed E-state index contributed by atoms with van der Waals surface area (Å²) in [6.07, 6.45) is -9.05. The largest absolute Gasteiger partial charge is 0.465 e. The third-order valence-electron chi connectivity index (χ3n) is 5.69. The van der Waals surface area contributed by atoms with E-state index in [0.717, 1.165) is 0 Å². The molecule has 0 spiro atoms. The summed E-state index contributed by atoms with van der Waals surface area (Å²) in [6, 6.07) is 0. The first-order chi connectivity index (χ1) is 16.4. The van der Waals surface area contributed by atoms with Crippen molar-refractivity contribution in [2.45, 2.75) is 77.1 Å². The van der Waals surface area contributed by atoms with Gasteiger partial charge in [0.2, 0.25) is 0 Å². The van der Waals surface area contributed by atoms with Gasteiger partial charge >= 0.3 is 77.1 Å². The highest BCUT2D eigenvalue weighted by Gasteiger charge is 3.09. The summed E-state index contributed by atoms with van der Waals surface area (Å²) >= 11 is 0. The van der Waals surface area contributed by atoms with E-state index in [4.69, 9.17) is 0 Å². The molecule has 0 aromatic heterocycles. The number of hydrogen-bond acceptors (Lipinski definition) is 1. The Morgan fingerprint density at radius 3 is 0.513 bits per heavy atom. The molecule has 0 bridgehead atoms. The Labute approximate surface area is 193 Å². The molecule has 26 heteroatoms. The molecule has 0 heterocycles. The zero-order valence-corrected chi connectivity index (χ0v) is 16.4. The third kappa shape index (κ3) is 2.75. The lowest BCUT2D eigenvalue weighted by Crippen LogP contribution is -2.95. The molecule has 0 radical (unpaired) electrons. The van der Waals surface area contributed by atoms with E-state index in [-0.39, 0.29) is 0 Å². The van der Waals surface area contributed by atoms with Gasteiger partial charge in [0.05, 0.1) is 0 Å². The topological polar surface area (TPSA) is 3.24 Å². The minimum atomic E-state index is -9.65. The Hall–Kier alpha value is -1.79. The zero-order chi connectivity index (χ0) is 32.1. The number of hydrogen-bond donors (Lipinski definition) is 0. The van der Waals surface area contributed by atoms with Crippen molar-refractivity contribution in [3.8, 4) is 0 Å². The van der Waals surface area contributed by atoms with Gasteiger partial charge in [-0.25, -0.2) is 8.78 Å². The molecular weight excluding hydrogens is 645 g/mol. The van der Waals surface area contributed by atoms with Crippen LogP contribution in [0, 0.1) is 0 Å². The Kier molecular flexibility index (Phi) is 6.13. The molecule has 232 valence electrons. The van der Waals surface area contributed by atoms with Gasteiger partial charge in [-0.15, -0.1) is 4.90 Å². The van der Waals surface area contributed by atoms with Crippen LogP contribution in [0.15, 0.2) is 0 Å². The monoisotopic (exact) mass is 645 g/mol. The first-order valence-corrected chi connectivity index (χ1v) is 8.40. The molecule has 0 aromatic carbocycles. The predicted octanol–water partition coefficient (Wildman–Crippen LogP) is 7.52. The Balaban J connectivity index is 3.33. The van der Waals surface area contributed by atoms with Crippen LogP contribution in [0.3, 0.4) is 0 Å². The summed E-state index contributed by atoms with van der Waals surface area (Å²) in [5, 5.41) is 0. The van der Waals surface area contributed by atoms with Gasteiger partial charge in [0.15, 0.2) is 0 Å². The SMILES string of the molecule is FC(F)(F)N(C1(F)C(F)(F)C(F)(F)C(F)(F)C(F)(F)C1(F)F)C1(F)C(F)(F)C(F)(F)C(F)(F)C(F)(F)C1(F)F. The van der Waals surface area contributed by atoms with Crippen molar-refractivity contribution < 1.29 is 110 Å². The van der Waals surface area contributed by atoms with Crippen molar-refractivity contribution in [2.24, 2.45) is 0 Å². The second-order valence-electron chi connectivity index (χ2n) is 7.79. The predicted molar refractivity (Wildman–Crippen MR) is 65.0 cm³/mol. The van der Waals surface area contributed by atoms with Crippen molar-refractivity contribution in [1.82, 2.24) is 4.90 Å². The Morgan fingerprint density at radius 1 is 0.256 bits per heavy atom. The Morgan fingerprint density at radius 2 is 0.385 bits per heavy atom. The normalized spacial score (nSPS) is 33.4. The lowest BCUT2D eigenvalue weighted by molar-refractivity contribution is -0.574. The molecule has 2 rings (SSSR count). The van der Waals surface area contributed by atoms with Gasteiger partial charge in [-0.2, -0.15) is 101 Å². The maximum absolute atomic E-state index is 14.9. The van der Waals surface area contributed by atoms with E-state index >= 15 is 0 Å². The Bertz CT molecular complexity index is 881. The molecular formula is C13F25N. The minimum Gasteiger partial charge on any atom is -0.212 e. The van der Waals surface area contributed by atoms with Gasteiger partial charge in [0.25, 0.3) is 0 Å². The van der Waals surface area contributed by atoms with E-state index in [1.54, 1.807) is 0 Å². The average molecular weight is 645 g/mol. The molecule has 0 atom stereocenters. The van der Waals surface area contributed by atoms with Gasteiger partial charge in [0.1, 0.15) is 0 Å². The first kappa shape index (κ1) is 33.4. The summed E-state index contributed by atoms with van der Waals surface area (Å²) in [7, 11) is 0. The van der Waals surface area contributed by atoms with E-state index < -0.39 is 82.0 Å². The van der Waals surface area contributed by atoms with Crippen LogP contribution < -0.4 is 0 Å². The van der Waals surface area contributed by atoms with Gasteiger partial charge in [-0.3, -0.25) is 0 Å². The lowest BCUT2D eigenvalue weighted by Gasteiger charge is -2.61. The van der Waals surface area contributed by atoms with Crippen LogP contribution in [0.4, 0.5) is 110 Å². The number of halogens is 25. The van der Waals surface area contributed by atoms with E-state index in [1.165, 1.54) is 0 Å². The quantitative estimate of drug-likeness (QED) is 0.222. The zero-order valence-electron chi connectivity index (χ0n) is 16.4. The van der Waals surface area contributed by atoms with Crippen LogP contribution in [0.5, 0.6) is 0 Å². The number of alkyl halides is 25. The van der Waals surface area contributed by atoms with E-state index in [2.05, 4.69) is 0 Å². The van der Waals surface area contributed by atoms with Crippen molar-refractivity contribution in [2.75, 3.05) is 0 Å². The van der Waals surface area contributed by atoms with E-state index in [9.17, 15) is 110 Å². The summed E-state index contributed by atoms with van der Waals surface area (Å²) in [6.45, 7) is 0. The highest BCUT2D eigenvalue weighted by atomic mass is 19.4. The first-order valence-electron chi connectivity index (χ1n) is 8.40. The van der Waals surface area contributed by atoms with Gasteiger partial charge in [-0.05, 0) is 0 Å². The van der Waals surface area contributed by atoms with Crippen molar-refractivity contribution in [3.05, 3.63) is 0 Å². The van der Waals surface area contributed by atoms with Gasteiger partial charge in [-0.1, -0.05) is 0 Å². The molecule has 2 fully saturated rings. The molecule has 0 unspecified atom stereocenters. The molecule has 2 saturated carbocycles. The maximum atomic E-state index is 14.9. The lowest BCUT2D eigenvalue weighted by atomic mass is 9.71. The fraction of sp³-hybridized carbons (Fsp3) is 1.00. The average Bonchev–Trinajstić information content (AvgIpc) is 2.69. The van der Waals surface area contributed by atoms with Crippen LogP contribution in [0.1, 0.15) is 0 Å². The summed E-state index contributed by atoms with van der Waals surface area (Å²) in [4.78, 5) is -5.78. The molecule has 1 nitrogen and oxygen atoms in total. The fourth-order valence-corrected chi connectivity index (χ4v) is 3.53. The van der Waals surface area contributed by atoms with E-state index in [0.29, 0.717) is 0 Å². The molecule has 0 aliphatic heterocycles. The van der Waals surface area contributed by atoms with Crippen LogP contribution in [0.2, 0.25) is 0 Å². The maximum Gasteiger partial charge on any atom is 0.465 e. The number of rotatable bonds is 2. The number of nitrogens with zero attached hydrogens (tertiary/aromatic N) is 1. The molecule has 0 aromatic rings. The van der Waals surface area contributed by atoms with E-state index in [1.807, 2.05) is 0 Å². The minimum absolute atomic E-state index is 5.78. The second kappa shape index (κ2) is 7.15. The van der Waals surface area contributed by atoms with Gasteiger partial charge < -0.3 is 0 Å². The molecule has 2 aliphatic rings. The smallest absolute Gasteiger partial charge is 0.212 e. The summed E-state index contributed by atoms with van der Waals surface area (Å²) in [5.74, 6) is -109. The molecule has 2 aliphatic carbocycles. The van der Waals surface area contributed by atoms with Crippen molar-refractivity contribution in [3.63, 3.8) is 0 Å². The second-order valence-corrected chi connectivity index (χ2v) is 7.79. The molecule has 0 N–H and O–H groups in total. The van der Waals surface area contributed by atoms with Crippen LogP contribution >= 0.6 is 0 Å². The molecule has 39 heavy (non-hydrogen) atoms. The highest BCUT2D eigenvalue weighted by molar-refractivity contribution is 5.32. The fourth-order valence-electron chi connectivity index (χ4n) is 3.53. The summed E-state index contributed by atoms with van der Waals surface area (Å²) < 4.78 is 342. The third-order valence-corrected chi connectivity index (χ3v) is 5.69. The van der Waals surface area contributed by atoms with Crippen LogP contribution in [-0.4, -0.2) is 82.0 Å². The van der Waals surface area contributed by atoms with Crippen molar-refractivity contribution in [1.29, 1.82) is 0 Å². The van der Waals surface area contributed by atoms with Crippen molar-refractivity contribution >= 4 is 0 Å². The molecule has 0 amide bonds. The van der Waals surface area contributed by atoms with Gasteiger partial charge in [0, 0.05) is 0 Å². The summed E-state index contributed by atoms with van der Waals surface area (Å²) in [5.41, 5.74) is 0. The van der Waals surface area contributed by atoms with Crippen LogP contribution in [-0.2, 0) is 0 Å². The molecule has 0 saturated heterocycles. The van der Waals surface area contributed by atoms with Crippen LogP contribution in [0.25, 0.3) is 0 Å². The standard InChI is InChI=1S/C13F25N/c14-1(15)3(18,19)7(26,27)11(34,8(28,29)4(1,20)21)39(13(36,37)38)12(35)9(30,31)5(22,23)2(16,17)6(24,25)10(12,32)33. The highest BCUT2D eigenvalue weighted by Crippen LogP contribution is 2.76.